The number of hydrogen-bond donors (Lipinski definition) is 2. The SMILES string of the molecule is C#CC(Cn1cc(OCC)c2ccccc21)(NCC)C(N)=O. The summed E-state index contributed by atoms with van der Waals surface area (Å²) in [5.74, 6) is 2.73. The lowest BCUT2D eigenvalue weighted by atomic mass is 9.99. The summed E-state index contributed by atoms with van der Waals surface area (Å²) in [4.78, 5) is 11.9. The van der Waals surface area contributed by atoms with Gasteiger partial charge in [-0.05, 0) is 25.6 Å². The third-order valence-corrected chi connectivity index (χ3v) is 3.60. The molecule has 1 amide bonds. The van der Waals surface area contributed by atoms with E-state index in [4.69, 9.17) is 16.9 Å². The van der Waals surface area contributed by atoms with Gasteiger partial charge in [0.05, 0.1) is 18.7 Å². The fourth-order valence-corrected chi connectivity index (χ4v) is 2.56. The van der Waals surface area contributed by atoms with Crippen molar-refractivity contribution in [1.29, 1.82) is 0 Å². The Hall–Kier alpha value is -2.45. The molecule has 0 bridgehead atoms. The lowest BCUT2D eigenvalue weighted by molar-refractivity contribution is -0.122. The summed E-state index contributed by atoms with van der Waals surface area (Å²) < 4.78 is 7.57. The van der Waals surface area contributed by atoms with Crippen molar-refractivity contribution in [3.05, 3.63) is 30.5 Å². The molecular weight excluding hydrogens is 278 g/mol. The number of benzene rings is 1. The molecule has 1 atom stereocenters. The highest BCUT2D eigenvalue weighted by Crippen LogP contribution is 2.29. The van der Waals surface area contributed by atoms with Crippen LogP contribution < -0.4 is 15.8 Å². The van der Waals surface area contributed by atoms with E-state index in [1.807, 2.05) is 48.9 Å². The van der Waals surface area contributed by atoms with Crippen LogP contribution in [0.4, 0.5) is 0 Å². The van der Waals surface area contributed by atoms with Crippen LogP contribution >= 0.6 is 0 Å². The summed E-state index contributed by atoms with van der Waals surface area (Å²) in [7, 11) is 0. The van der Waals surface area contributed by atoms with Crippen LogP contribution in [0.5, 0.6) is 5.75 Å². The summed E-state index contributed by atoms with van der Waals surface area (Å²) in [6.45, 7) is 5.18. The molecule has 0 radical (unpaired) electrons. The molecule has 0 aliphatic heterocycles. The third kappa shape index (κ3) is 2.78. The minimum absolute atomic E-state index is 0.250. The first-order valence-corrected chi connectivity index (χ1v) is 7.31. The number of primary amides is 1. The maximum atomic E-state index is 11.9. The van der Waals surface area contributed by atoms with Crippen LogP contribution in [0.2, 0.25) is 0 Å². The number of nitrogens with zero attached hydrogens (tertiary/aromatic N) is 1. The molecule has 0 spiro atoms. The minimum Gasteiger partial charge on any atom is -0.492 e. The van der Waals surface area contributed by atoms with Crippen molar-refractivity contribution in [2.75, 3.05) is 13.2 Å². The van der Waals surface area contributed by atoms with Gasteiger partial charge < -0.3 is 15.0 Å². The molecule has 116 valence electrons. The van der Waals surface area contributed by atoms with Crippen LogP contribution in [0, 0.1) is 12.3 Å². The van der Waals surface area contributed by atoms with Crippen molar-refractivity contribution in [2.45, 2.75) is 25.9 Å². The highest BCUT2D eigenvalue weighted by molar-refractivity contribution is 5.90. The van der Waals surface area contributed by atoms with Gasteiger partial charge in [0.25, 0.3) is 5.91 Å². The molecular formula is C17H21N3O2. The van der Waals surface area contributed by atoms with Gasteiger partial charge >= 0.3 is 0 Å². The minimum atomic E-state index is -1.22. The number of carbonyl (C=O) groups excluding carboxylic acids is 1. The molecule has 2 aromatic rings. The summed E-state index contributed by atoms with van der Waals surface area (Å²) in [5, 5.41) is 4.01. The van der Waals surface area contributed by atoms with E-state index < -0.39 is 11.4 Å². The average molecular weight is 299 g/mol. The molecule has 1 aromatic carbocycles. The van der Waals surface area contributed by atoms with Gasteiger partial charge in [-0.25, -0.2) is 0 Å². The number of aromatic nitrogens is 1. The number of hydrogen-bond acceptors (Lipinski definition) is 3. The Bertz CT molecular complexity index is 714. The number of carbonyl (C=O) groups is 1. The first-order valence-electron chi connectivity index (χ1n) is 7.31. The highest BCUT2D eigenvalue weighted by Gasteiger charge is 2.34. The van der Waals surface area contributed by atoms with Crippen LogP contribution in [0.1, 0.15) is 13.8 Å². The molecule has 0 aliphatic carbocycles. The molecule has 5 nitrogen and oxygen atoms in total. The second kappa shape index (κ2) is 6.54. The first kappa shape index (κ1) is 15.9. The van der Waals surface area contributed by atoms with Crippen molar-refractivity contribution in [3.8, 4) is 18.1 Å². The molecule has 0 aliphatic rings. The van der Waals surface area contributed by atoms with E-state index in [-0.39, 0.29) is 6.54 Å². The van der Waals surface area contributed by atoms with Crippen LogP contribution in [-0.2, 0) is 11.3 Å². The molecule has 1 heterocycles. The molecule has 0 fully saturated rings. The van der Waals surface area contributed by atoms with E-state index in [1.165, 1.54) is 0 Å². The van der Waals surface area contributed by atoms with Crippen molar-refractivity contribution < 1.29 is 9.53 Å². The Morgan fingerprint density at radius 2 is 2.18 bits per heavy atom. The van der Waals surface area contributed by atoms with E-state index >= 15 is 0 Å². The summed E-state index contributed by atoms with van der Waals surface area (Å²) in [6, 6.07) is 7.82. The lowest BCUT2D eigenvalue weighted by Gasteiger charge is -2.26. The number of terminal acetylenes is 1. The average Bonchev–Trinajstić information content (AvgIpc) is 2.85. The van der Waals surface area contributed by atoms with Gasteiger partial charge in [-0.3, -0.25) is 10.1 Å². The fraction of sp³-hybridized carbons (Fsp3) is 0.353. The molecule has 5 heteroatoms. The first-order chi connectivity index (χ1) is 10.6. The molecule has 3 N–H and O–H groups in total. The smallest absolute Gasteiger partial charge is 0.252 e. The van der Waals surface area contributed by atoms with Gasteiger partial charge in [-0.1, -0.05) is 25.0 Å². The zero-order chi connectivity index (χ0) is 16.2. The molecule has 1 unspecified atom stereocenters. The molecule has 2 rings (SSSR count). The maximum Gasteiger partial charge on any atom is 0.252 e. The second-order valence-corrected chi connectivity index (χ2v) is 5.02. The van der Waals surface area contributed by atoms with Gasteiger partial charge in [-0.2, -0.15) is 0 Å². The fourth-order valence-electron chi connectivity index (χ4n) is 2.56. The van der Waals surface area contributed by atoms with Gasteiger partial charge in [0.1, 0.15) is 5.75 Å². The van der Waals surface area contributed by atoms with E-state index in [2.05, 4.69) is 11.2 Å². The van der Waals surface area contributed by atoms with Gasteiger partial charge in [0.2, 0.25) is 0 Å². The maximum absolute atomic E-state index is 11.9. The van der Waals surface area contributed by atoms with Gasteiger partial charge in [0.15, 0.2) is 5.54 Å². The number of para-hydroxylation sites is 1. The Balaban J connectivity index is 2.50. The largest absolute Gasteiger partial charge is 0.492 e. The molecule has 0 saturated carbocycles. The number of nitrogens with one attached hydrogen (secondary N) is 1. The number of rotatable bonds is 7. The Labute approximate surface area is 130 Å². The van der Waals surface area contributed by atoms with Gasteiger partial charge in [-0.15, -0.1) is 6.42 Å². The van der Waals surface area contributed by atoms with E-state index in [1.54, 1.807) is 0 Å². The Morgan fingerprint density at radius 3 is 2.77 bits per heavy atom. The number of likely N-dealkylation sites (N-methyl/N-ethyl adjacent to an activating group) is 1. The second-order valence-electron chi connectivity index (χ2n) is 5.02. The van der Waals surface area contributed by atoms with E-state index in [0.717, 1.165) is 16.7 Å². The van der Waals surface area contributed by atoms with Crippen molar-refractivity contribution in [1.82, 2.24) is 9.88 Å². The van der Waals surface area contributed by atoms with Crippen molar-refractivity contribution in [3.63, 3.8) is 0 Å². The predicted molar refractivity (Wildman–Crippen MR) is 87.5 cm³/mol. The number of amides is 1. The summed E-state index contributed by atoms with van der Waals surface area (Å²) >= 11 is 0. The van der Waals surface area contributed by atoms with Crippen molar-refractivity contribution in [2.24, 2.45) is 5.73 Å². The molecule has 1 aromatic heterocycles. The number of fused-ring (bicyclic) bond motifs is 1. The topological polar surface area (TPSA) is 69.3 Å². The van der Waals surface area contributed by atoms with Crippen LogP contribution in [-0.4, -0.2) is 29.2 Å². The standard InChI is InChI=1S/C17H21N3O2/c1-4-17(16(18)21,19-5-2)12-20-11-15(22-6-3)13-9-7-8-10-14(13)20/h1,7-11,19H,5-6,12H2,2-3H3,(H2,18,21). The van der Waals surface area contributed by atoms with Crippen LogP contribution in [0.3, 0.4) is 0 Å². The number of nitrogens with two attached hydrogens (primary N) is 1. The molecule has 0 saturated heterocycles. The quantitative estimate of drug-likeness (QED) is 0.761. The van der Waals surface area contributed by atoms with Crippen LogP contribution in [0.25, 0.3) is 10.9 Å². The zero-order valence-electron chi connectivity index (χ0n) is 12.9. The monoisotopic (exact) mass is 299 g/mol. The highest BCUT2D eigenvalue weighted by atomic mass is 16.5. The summed E-state index contributed by atoms with van der Waals surface area (Å²) in [5.41, 5.74) is 5.26. The molecule has 22 heavy (non-hydrogen) atoms. The normalized spacial score (nSPS) is 13.5. The number of ether oxygens (including phenoxy) is 1. The van der Waals surface area contributed by atoms with E-state index in [9.17, 15) is 4.79 Å². The van der Waals surface area contributed by atoms with E-state index in [0.29, 0.717) is 13.2 Å². The lowest BCUT2D eigenvalue weighted by Crippen LogP contribution is -2.57. The Morgan fingerprint density at radius 1 is 1.45 bits per heavy atom. The van der Waals surface area contributed by atoms with Gasteiger partial charge in [0, 0.05) is 11.6 Å². The van der Waals surface area contributed by atoms with Crippen LogP contribution in [0.15, 0.2) is 30.5 Å². The Kier molecular flexibility index (Phi) is 4.74. The summed E-state index contributed by atoms with van der Waals surface area (Å²) in [6.07, 6.45) is 7.46. The predicted octanol–water partition coefficient (Wildman–Crippen LogP) is 1.51. The third-order valence-electron chi connectivity index (χ3n) is 3.60. The zero-order valence-corrected chi connectivity index (χ0v) is 12.9. The van der Waals surface area contributed by atoms with Crippen molar-refractivity contribution >= 4 is 16.8 Å².